The summed E-state index contributed by atoms with van der Waals surface area (Å²) in [5.41, 5.74) is 0. The third kappa shape index (κ3) is 5.72. The summed E-state index contributed by atoms with van der Waals surface area (Å²) in [5, 5.41) is 6.23. The lowest BCUT2D eigenvalue weighted by Crippen LogP contribution is -2.39. The standard InChI is InChI=1S/C13H18BrN3O/c1-3-7-16-13(15-2)17-8-9-18-12-6-4-5-11(14)10-12/h3-6,10H,1,7-9H2,2H3,(H2,15,16,17). The molecular weight excluding hydrogens is 294 g/mol. The van der Waals surface area contributed by atoms with Gasteiger partial charge in [0.25, 0.3) is 0 Å². The van der Waals surface area contributed by atoms with E-state index in [0.29, 0.717) is 19.7 Å². The van der Waals surface area contributed by atoms with Gasteiger partial charge in [0.1, 0.15) is 12.4 Å². The molecule has 1 aromatic rings. The van der Waals surface area contributed by atoms with Crippen LogP contribution in [0.1, 0.15) is 0 Å². The molecule has 0 amide bonds. The van der Waals surface area contributed by atoms with Gasteiger partial charge in [0, 0.05) is 18.1 Å². The van der Waals surface area contributed by atoms with E-state index in [1.807, 2.05) is 24.3 Å². The molecule has 1 rings (SSSR count). The highest BCUT2D eigenvalue weighted by atomic mass is 79.9. The molecule has 0 aliphatic carbocycles. The van der Waals surface area contributed by atoms with Gasteiger partial charge < -0.3 is 15.4 Å². The molecular formula is C13H18BrN3O. The Labute approximate surface area is 116 Å². The van der Waals surface area contributed by atoms with E-state index in [2.05, 4.69) is 38.1 Å². The lowest BCUT2D eigenvalue weighted by molar-refractivity contribution is 0.322. The monoisotopic (exact) mass is 311 g/mol. The Morgan fingerprint density at radius 2 is 2.33 bits per heavy atom. The van der Waals surface area contributed by atoms with Crippen LogP contribution in [0.3, 0.4) is 0 Å². The fourth-order valence-corrected chi connectivity index (χ4v) is 1.66. The van der Waals surface area contributed by atoms with Crippen LogP contribution < -0.4 is 15.4 Å². The number of aliphatic imine (C=N–C) groups is 1. The Balaban J connectivity index is 2.23. The minimum Gasteiger partial charge on any atom is -0.492 e. The summed E-state index contributed by atoms with van der Waals surface area (Å²) < 4.78 is 6.60. The molecule has 0 radical (unpaired) electrons. The first kappa shape index (κ1) is 14.6. The molecule has 0 saturated carbocycles. The zero-order valence-corrected chi connectivity index (χ0v) is 12.0. The molecule has 98 valence electrons. The summed E-state index contributed by atoms with van der Waals surface area (Å²) in [6.45, 7) is 5.58. The topological polar surface area (TPSA) is 45.7 Å². The Kier molecular flexibility index (Phi) is 6.94. The van der Waals surface area contributed by atoms with Crippen LogP contribution in [0, 0.1) is 0 Å². The van der Waals surface area contributed by atoms with Crippen molar-refractivity contribution in [3.63, 3.8) is 0 Å². The molecule has 18 heavy (non-hydrogen) atoms. The normalized spacial score (nSPS) is 10.9. The van der Waals surface area contributed by atoms with Crippen LogP contribution in [0.5, 0.6) is 5.75 Å². The van der Waals surface area contributed by atoms with Gasteiger partial charge in [0.2, 0.25) is 0 Å². The molecule has 2 N–H and O–H groups in total. The Morgan fingerprint density at radius 3 is 3.00 bits per heavy atom. The van der Waals surface area contributed by atoms with Crippen LogP contribution in [0.4, 0.5) is 0 Å². The minimum atomic E-state index is 0.575. The number of nitrogens with zero attached hydrogens (tertiary/aromatic N) is 1. The van der Waals surface area contributed by atoms with E-state index in [1.165, 1.54) is 0 Å². The smallest absolute Gasteiger partial charge is 0.191 e. The predicted octanol–water partition coefficient (Wildman–Crippen LogP) is 2.18. The minimum absolute atomic E-state index is 0.575. The summed E-state index contributed by atoms with van der Waals surface area (Å²) in [7, 11) is 1.73. The predicted molar refractivity (Wildman–Crippen MR) is 79.2 cm³/mol. The number of ether oxygens (including phenoxy) is 1. The summed E-state index contributed by atoms with van der Waals surface area (Å²) >= 11 is 3.40. The lowest BCUT2D eigenvalue weighted by Gasteiger charge is -2.11. The number of rotatable bonds is 6. The van der Waals surface area contributed by atoms with Gasteiger partial charge in [-0.1, -0.05) is 28.1 Å². The molecule has 0 aromatic heterocycles. The van der Waals surface area contributed by atoms with Gasteiger partial charge >= 0.3 is 0 Å². The van der Waals surface area contributed by atoms with Crippen molar-refractivity contribution in [3.05, 3.63) is 41.4 Å². The van der Waals surface area contributed by atoms with E-state index in [9.17, 15) is 0 Å². The van der Waals surface area contributed by atoms with Crippen LogP contribution in [-0.4, -0.2) is 32.7 Å². The van der Waals surface area contributed by atoms with Gasteiger partial charge in [0.15, 0.2) is 5.96 Å². The molecule has 0 atom stereocenters. The number of benzene rings is 1. The largest absolute Gasteiger partial charge is 0.492 e. The molecule has 0 spiro atoms. The molecule has 0 fully saturated rings. The quantitative estimate of drug-likeness (QED) is 0.366. The molecule has 4 nitrogen and oxygen atoms in total. The van der Waals surface area contributed by atoms with E-state index < -0.39 is 0 Å². The fourth-order valence-electron chi connectivity index (χ4n) is 1.28. The van der Waals surface area contributed by atoms with Gasteiger partial charge in [-0.25, -0.2) is 0 Å². The van der Waals surface area contributed by atoms with Crippen molar-refractivity contribution in [2.75, 3.05) is 26.7 Å². The fraction of sp³-hybridized carbons (Fsp3) is 0.308. The third-order valence-corrected chi connectivity index (χ3v) is 2.59. The first-order chi connectivity index (χ1) is 8.76. The van der Waals surface area contributed by atoms with Crippen molar-refractivity contribution in [1.29, 1.82) is 0 Å². The van der Waals surface area contributed by atoms with Crippen LogP contribution in [0.2, 0.25) is 0 Å². The number of guanidine groups is 1. The number of halogens is 1. The molecule has 0 aliphatic rings. The van der Waals surface area contributed by atoms with Crippen molar-refractivity contribution in [2.24, 2.45) is 4.99 Å². The molecule has 1 aromatic carbocycles. The third-order valence-electron chi connectivity index (χ3n) is 2.10. The van der Waals surface area contributed by atoms with Crippen LogP contribution in [0.25, 0.3) is 0 Å². The highest BCUT2D eigenvalue weighted by Gasteiger charge is 1.96. The molecule has 0 heterocycles. The summed E-state index contributed by atoms with van der Waals surface area (Å²) in [5.74, 6) is 1.59. The van der Waals surface area contributed by atoms with Gasteiger partial charge in [-0.3, -0.25) is 4.99 Å². The maximum absolute atomic E-state index is 5.59. The van der Waals surface area contributed by atoms with E-state index in [4.69, 9.17) is 4.74 Å². The van der Waals surface area contributed by atoms with Crippen LogP contribution in [-0.2, 0) is 0 Å². The van der Waals surface area contributed by atoms with Gasteiger partial charge in [-0.2, -0.15) is 0 Å². The Bertz CT molecular complexity index is 407. The van der Waals surface area contributed by atoms with E-state index in [-0.39, 0.29) is 0 Å². The van der Waals surface area contributed by atoms with Crippen molar-refractivity contribution in [3.8, 4) is 5.75 Å². The number of nitrogens with one attached hydrogen (secondary N) is 2. The second-order valence-corrected chi connectivity index (χ2v) is 4.39. The van der Waals surface area contributed by atoms with Crippen LogP contribution in [0.15, 0.2) is 46.4 Å². The van der Waals surface area contributed by atoms with E-state index in [0.717, 1.165) is 16.2 Å². The molecule has 0 bridgehead atoms. The van der Waals surface area contributed by atoms with Gasteiger partial charge in [-0.05, 0) is 18.2 Å². The highest BCUT2D eigenvalue weighted by molar-refractivity contribution is 9.10. The molecule has 0 unspecified atom stereocenters. The zero-order chi connectivity index (χ0) is 13.2. The van der Waals surface area contributed by atoms with E-state index >= 15 is 0 Å². The summed E-state index contributed by atoms with van der Waals surface area (Å²) in [6, 6.07) is 7.77. The SMILES string of the molecule is C=CCNC(=NC)NCCOc1cccc(Br)c1. The lowest BCUT2D eigenvalue weighted by atomic mass is 10.3. The van der Waals surface area contributed by atoms with Crippen molar-refractivity contribution >= 4 is 21.9 Å². The summed E-state index contributed by atoms with van der Waals surface area (Å²) in [4.78, 5) is 4.07. The molecule has 5 heteroatoms. The van der Waals surface area contributed by atoms with Crippen molar-refractivity contribution < 1.29 is 4.74 Å². The van der Waals surface area contributed by atoms with Crippen LogP contribution >= 0.6 is 15.9 Å². The first-order valence-electron chi connectivity index (χ1n) is 5.70. The van der Waals surface area contributed by atoms with Gasteiger partial charge in [0.05, 0.1) is 6.54 Å². The van der Waals surface area contributed by atoms with Gasteiger partial charge in [-0.15, -0.1) is 6.58 Å². The summed E-state index contributed by atoms with van der Waals surface area (Å²) in [6.07, 6.45) is 1.78. The van der Waals surface area contributed by atoms with E-state index in [1.54, 1.807) is 13.1 Å². The first-order valence-corrected chi connectivity index (χ1v) is 6.49. The zero-order valence-electron chi connectivity index (χ0n) is 10.4. The number of hydrogen-bond acceptors (Lipinski definition) is 2. The van der Waals surface area contributed by atoms with Crippen molar-refractivity contribution in [2.45, 2.75) is 0 Å². The second kappa shape index (κ2) is 8.58. The Morgan fingerprint density at radius 1 is 1.50 bits per heavy atom. The molecule has 0 saturated heterocycles. The second-order valence-electron chi connectivity index (χ2n) is 3.47. The maximum atomic E-state index is 5.59. The Hall–Kier alpha value is -1.49. The molecule has 0 aliphatic heterocycles. The number of hydrogen-bond donors (Lipinski definition) is 2. The highest BCUT2D eigenvalue weighted by Crippen LogP contribution is 2.17. The average Bonchev–Trinajstić information content (AvgIpc) is 2.38. The maximum Gasteiger partial charge on any atom is 0.191 e. The van der Waals surface area contributed by atoms with Crippen molar-refractivity contribution in [1.82, 2.24) is 10.6 Å². The average molecular weight is 312 g/mol.